The number of alkyl halides is 2. The molecule has 1 N–H and O–H groups in total. The molecule has 0 aliphatic heterocycles. The lowest BCUT2D eigenvalue weighted by atomic mass is 9.91. The first kappa shape index (κ1) is 20.3. The molecule has 2 aromatic rings. The fourth-order valence-electron chi connectivity index (χ4n) is 2.21. The molecule has 0 aromatic heterocycles. The standard InChI is InChI=1S/C17H15F3O4S2/c18-17(19,15(22)24-20)16(26,10-23-13-4-2-1-3-5-13)14(25)11-6-8-12(21)9-7-11/h1-9,14,21,25-26H,10H2. The van der Waals surface area contributed by atoms with E-state index in [-0.39, 0.29) is 17.1 Å². The summed E-state index contributed by atoms with van der Waals surface area (Å²) < 4.78 is 44.2. The molecule has 0 aliphatic carbocycles. The summed E-state index contributed by atoms with van der Waals surface area (Å²) in [4.78, 5) is 14.1. The number of para-hydroxylation sites is 1. The first-order valence-electron chi connectivity index (χ1n) is 7.30. The van der Waals surface area contributed by atoms with Crippen LogP contribution in [0.5, 0.6) is 11.5 Å². The number of ether oxygens (including phenoxy) is 1. The number of benzene rings is 2. The summed E-state index contributed by atoms with van der Waals surface area (Å²) >= 11 is 8.13. The Morgan fingerprint density at radius 1 is 1.12 bits per heavy atom. The molecule has 0 bridgehead atoms. The molecular weight excluding hydrogens is 389 g/mol. The lowest BCUT2D eigenvalue weighted by Gasteiger charge is -2.38. The Balaban J connectivity index is 2.39. The van der Waals surface area contributed by atoms with Gasteiger partial charge in [0, 0.05) is 4.53 Å². The normalized spacial score (nSPS) is 15.0. The van der Waals surface area contributed by atoms with Crippen LogP contribution in [0.2, 0.25) is 0 Å². The summed E-state index contributed by atoms with van der Waals surface area (Å²) in [6, 6.07) is 13.2. The minimum Gasteiger partial charge on any atom is -0.508 e. The smallest absolute Gasteiger partial charge is 0.419 e. The summed E-state index contributed by atoms with van der Waals surface area (Å²) in [5.41, 5.74) is 0.212. The summed E-state index contributed by atoms with van der Waals surface area (Å²) in [7, 11) is 0. The SMILES string of the molecule is O=C(OF)C(F)(F)C(S)(COc1ccccc1)C(S)c1ccc(O)cc1. The zero-order valence-corrected chi connectivity index (χ0v) is 15.0. The molecule has 140 valence electrons. The minimum absolute atomic E-state index is 0.0884. The van der Waals surface area contributed by atoms with Gasteiger partial charge in [-0.2, -0.15) is 34.0 Å². The monoisotopic (exact) mass is 404 g/mol. The number of phenolic OH excluding ortho intramolecular Hbond substituents is 1. The molecule has 0 saturated carbocycles. The lowest BCUT2D eigenvalue weighted by molar-refractivity contribution is -0.217. The van der Waals surface area contributed by atoms with Crippen molar-refractivity contribution in [1.29, 1.82) is 0 Å². The van der Waals surface area contributed by atoms with Gasteiger partial charge in [0.1, 0.15) is 22.9 Å². The topological polar surface area (TPSA) is 55.8 Å². The number of hydrogen-bond donors (Lipinski definition) is 3. The Hall–Kier alpha value is -2.00. The van der Waals surface area contributed by atoms with Gasteiger partial charge in [0.25, 0.3) is 0 Å². The number of phenols is 1. The highest BCUT2D eigenvalue weighted by atomic mass is 32.1. The Kier molecular flexibility index (Phi) is 6.35. The van der Waals surface area contributed by atoms with E-state index in [1.165, 1.54) is 36.4 Å². The highest BCUT2D eigenvalue weighted by Gasteiger charge is 2.63. The molecule has 0 spiro atoms. The molecule has 2 aromatic carbocycles. The van der Waals surface area contributed by atoms with Crippen molar-refractivity contribution in [3.05, 3.63) is 60.2 Å². The second kappa shape index (κ2) is 8.13. The van der Waals surface area contributed by atoms with Gasteiger partial charge in [-0.05, 0) is 29.8 Å². The quantitative estimate of drug-likeness (QED) is 0.607. The molecule has 2 rings (SSSR count). The third-order valence-corrected chi connectivity index (χ3v) is 5.34. The molecule has 0 radical (unpaired) electrons. The Morgan fingerprint density at radius 2 is 1.69 bits per heavy atom. The maximum Gasteiger partial charge on any atom is 0.419 e. The zero-order valence-electron chi connectivity index (χ0n) is 13.2. The van der Waals surface area contributed by atoms with Crippen LogP contribution in [-0.2, 0) is 9.74 Å². The van der Waals surface area contributed by atoms with Crippen molar-refractivity contribution in [3.63, 3.8) is 0 Å². The number of carbonyl (C=O) groups is 1. The highest BCUT2D eigenvalue weighted by Crippen LogP contribution is 2.48. The number of rotatable bonds is 7. The summed E-state index contributed by atoms with van der Waals surface area (Å²) in [6.07, 6.45) is 0. The van der Waals surface area contributed by atoms with E-state index in [0.717, 1.165) is 0 Å². The number of halogens is 3. The predicted molar refractivity (Wildman–Crippen MR) is 95.6 cm³/mol. The van der Waals surface area contributed by atoms with Crippen LogP contribution in [0.25, 0.3) is 0 Å². The Bertz CT molecular complexity index is 743. The van der Waals surface area contributed by atoms with Gasteiger partial charge in [-0.3, -0.25) is 0 Å². The van der Waals surface area contributed by atoms with E-state index in [9.17, 15) is 23.2 Å². The van der Waals surface area contributed by atoms with Gasteiger partial charge in [0.05, 0.1) is 5.25 Å². The van der Waals surface area contributed by atoms with Crippen molar-refractivity contribution in [3.8, 4) is 11.5 Å². The fraction of sp³-hybridized carbons (Fsp3) is 0.235. The Labute approximate surface area is 158 Å². The largest absolute Gasteiger partial charge is 0.508 e. The fourth-order valence-corrected chi connectivity index (χ4v) is 2.92. The molecule has 0 aliphatic rings. The second-order valence-electron chi connectivity index (χ2n) is 5.46. The minimum atomic E-state index is -4.37. The third-order valence-electron chi connectivity index (χ3n) is 3.73. The van der Waals surface area contributed by atoms with E-state index in [2.05, 4.69) is 30.2 Å². The molecule has 2 atom stereocenters. The van der Waals surface area contributed by atoms with Crippen LogP contribution in [0, 0.1) is 0 Å². The lowest BCUT2D eigenvalue weighted by Crippen LogP contribution is -2.55. The summed E-state index contributed by atoms with van der Waals surface area (Å²) in [5, 5.41) is 7.97. The molecule has 0 amide bonds. The molecule has 0 fully saturated rings. The molecular formula is C17H15F3O4S2. The molecule has 0 saturated heterocycles. The van der Waals surface area contributed by atoms with Crippen LogP contribution >= 0.6 is 25.3 Å². The second-order valence-corrected chi connectivity index (χ2v) is 6.77. The van der Waals surface area contributed by atoms with Crippen molar-refractivity contribution in [1.82, 2.24) is 0 Å². The molecule has 4 nitrogen and oxygen atoms in total. The molecule has 26 heavy (non-hydrogen) atoms. The van der Waals surface area contributed by atoms with Crippen molar-refractivity contribution in [2.24, 2.45) is 0 Å². The predicted octanol–water partition coefficient (Wildman–Crippen LogP) is 4.17. The van der Waals surface area contributed by atoms with Crippen LogP contribution in [-0.4, -0.2) is 28.4 Å². The van der Waals surface area contributed by atoms with Gasteiger partial charge in [0.15, 0.2) is 0 Å². The first-order valence-corrected chi connectivity index (χ1v) is 8.27. The average molecular weight is 404 g/mol. The van der Waals surface area contributed by atoms with Gasteiger partial charge in [-0.15, -0.1) is 0 Å². The van der Waals surface area contributed by atoms with Crippen molar-refractivity contribution in [2.45, 2.75) is 15.9 Å². The molecule has 0 heterocycles. The van der Waals surface area contributed by atoms with Crippen LogP contribution in [0.4, 0.5) is 13.3 Å². The van der Waals surface area contributed by atoms with Gasteiger partial charge < -0.3 is 9.84 Å². The van der Waals surface area contributed by atoms with Gasteiger partial charge in [-0.25, -0.2) is 9.74 Å². The van der Waals surface area contributed by atoms with E-state index in [1.807, 2.05) is 0 Å². The van der Waals surface area contributed by atoms with Gasteiger partial charge >= 0.3 is 11.9 Å². The van der Waals surface area contributed by atoms with E-state index in [0.29, 0.717) is 0 Å². The number of aromatic hydroxyl groups is 1. The Morgan fingerprint density at radius 3 is 2.23 bits per heavy atom. The molecule has 9 heteroatoms. The number of carbonyl (C=O) groups excluding carboxylic acids is 1. The van der Waals surface area contributed by atoms with Crippen molar-refractivity contribution in [2.75, 3.05) is 6.61 Å². The van der Waals surface area contributed by atoms with Gasteiger partial charge in [0.2, 0.25) is 0 Å². The number of hydrogen-bond acceptors (Lipinski definition) is 6. The molecule has 2 unspecified atom stereocenters. The van der Waals surface area contributed by atoms with Crippen LogP contribution in [0.3, 0.4) is 0 Å². The van der Waals surface area contributed by atoms with E-state index in [1.54, 1.807) is 18.2 Å². The van der Waals surface area contributed by atoms with Crippen LogP contribution in [0.15, 0.2) is 54.6 Å². The van der Waals surface area contributed by atoms with Crippen LogP contribution in [0.1, 0.15) is 10.8 Å². The average Bonchev–Trinajstić information content (AvgIpc) is 2.66. The van der Waals surface area contributed by atoms with Gasteiger partial charge in [-0.1, -0.05) is 30.3 Å². The van der Waals surface area contributed by atoms with E-state index >= 15 is 0 Å². The maximum absolute atomic E-state index is 14.6. The van der Waals surface area contributed by atoms with E-state index < -0.39 is 28.5 Å². The van der Waals surface area contributed by atoms with Crippen molar-refractivity contribution < 1.29 is 32.9 Å². The first-order chi connectivity index (χ1) is 12.2. The van der Waals surface area contributed by atoms with Crippen LogP contribution < -0.4 is 4.74 Å². The highest BCUT2D eigenvalue weighted by molar-refractivity contribution is 7.85. The summed E-state index contributed by atoms with van der Waals surface area (Å²) in [6.45, 7) is -0.780. The summed E-state index contributed by atoms with van der Waals surface area (Å²) in [5.74, 6) is -6.61. The van der Waals surface area contributed by atoms with Crippen molar-refractivity contribution >= 4 is 31.2 Å². The van der Waals surface area contributed by atoms with E-state index in [4.69, 9.17) is 4.74 Å². The number of thiol groups is 2. The zero-order chi connectivity index (χ0) is 19.4. The maximum atomic E-state index is 14.6. The third kappa shape index (κ3) is 4.04.